The molecule has 0 aliphatic rings. The van der Waals surface area contributed by atoms with E-state index in [1.807, 2.05) is 6.92 Å². The summed E-state index contributed by atoms with van der Waals surface area (Å²) in [5, 5.41) is 6.22. The molecule has 1 rings (SSSR count). The molecule has 0 saturated heterocycles. The Balaban J connectivity index is 2.51. The number of nitrogens with one attached hydrogen (secondary N) is 1. The lowest BCUT2D eigenvalue weighted by molar-refractivity contribution is -0.119. The quantitative estimate of drug-likeness (QED) is 0.679. The summed E-state index contributed by atoms with van der Waals surface area (Å²) in [4.78, 5) is 10.5. The fraction of sp³-hybridized carbons (Fsp3) is 0.429. The molecule has 0 bridgehead atoms. The minimum absolute atomic E-state index is 0.0504. The van der Waals surface area contributed by atoms with Gasteiger partial charge in [0.2, 0.25) is 5.91 Å². The number of carbonyl (C=O) groups is 1. The molecule has 4 heteroatoms. The maximum atomic E-state index is 10.5. The Labute approximate surface area is 64.6 Å². The van der Waals surface area contributed by atoms with Crippen LogP contribution in [0.4, 0.5) is 0 Å². The largest absolute Gasteiger partial charge is 0.361 e. The van der Waals surface area contributed by atoms with Crippen LogP contribution >= 0.6 is 0 Å². The number of nitrogens with zero attached hydrogens (tertiary/aromatic N) is 1. The number of rotatable bonds is 2. The molecule has 1 N–H and O–H groups in total. The summed E-state index contributed by atoms with van der Waals surface area (Å²) in [6, 6.07) is 0. The Hall–Kier alpha value is -1.32. The van der Waals surface area contributed by atoms with Gasteiger partial charge in [-0.3, -0.25) is 4.79 Å². The van der Waals surface area contributed by atoms with E-state index >= 15 is 0 Å². The molecular formula is C7H10N2O2. The lowest BCUT2D eigenvalue weighted by atomic mass is 10.3. The highest BCUT2D eigenvalue weighted by molar-refractivity contribution is 5.72. The van der Waals surface area contributed by atoms with E-state index in [9.17, 15) is 4.79 Å². The molecule has 0 aliphatic heterocycles. The van der Waals surface area contributed by atoms with Crippen LogP contribution in [0, 0.1) is 6.92 Å². The second-order valence-electron chi connectivity index (χ2n) is 2.32. The summed E-state index contributed by atoms with van der Waals surface area (Å²) >= 11 is 0. The van der Waals surface area contributed by atoms with Gasteiger partial charge >= 0.3 is 0 Å². The summed E-state index contributed by atoms with van der Waals surface area (Å²) in [5.41, 5.74) is 0.917. The van der Waals surface area contributed by atoms with Crippen LogP contribution < -0.4 is 5.32 Å². The first kappa shape index (κ1) is 7.78. The first-order valence-electron chi connectivity index (χ1n) is 3.34. The van der Waals surface area contributed by atoms with Gasteiger partial charge in [-0.25, -0.2) is 0 Å². The van der Waals surface area contributed by atoms with Crippen molar-refractivity contribution in [1.82, 2.24) is 10.5 Å². The van der Waals surface area contributed by atoms with E-state index in [1.54, 1.807) is 6.20 Å². The van der Waals surface area contributed by atoms with E-state index in [4.69, 9.17) is 4.52 Å². The second kappa shape index (κ2) is 3.18. The lowest BCUT2D eigenvalue weighted by Crippen LogP contribution is -2.18. The Morgan fingerprint density at radius 1 is 1.82 bits per heavy atom. The van der Waals surface area contributed by atoms with Gasteiger partial charge in [0.25, 0.3) is 0 Å². The molecule has 1 aromatic rings. The molecule has 11 heavy (non-hydrogen) atoms. The molecule has 1 heterocycles. The van der Waals surface area contributed by atoms with Gasteiger partial charge in [0.05, 0.1) is 6.20 Å². The Kier molecular flexibility index (Phi) is 2.25. The van der Waals surface area contributed by atoms with Crippen LogP contribution in [0.15, 0.2) is 10.7 Å². The summed E-state index contributed by atoms with van der Waals surface area (Å²) in [6.07, 6.45) is 1.60. The smallest absolute Gasteiger partial charge is 0.217 e. The van der Waals surface area contributed by atoms with Gasteiger partial charge in [-0.2, -0.15) is 0 Å². The Morgan fingerprint density at radius 2 is 2.55 bits per heavy atom. The van der Waals surface area contributed by atoms with Crippen molar-refractivity contribution in [2.75, 3.05) is 0 Å². The van der Waals surface area contributed by atoms with Crippen molar-refractivity contribution in [2.45, 2.75) is 20.4 Å². The van der Waals surface area contributed by atoms with E-state index in [1.165, 1.54) is 6.92 Å². The zero-order valence-corrected chi connectivity index (χ0v) is 6.55. The van der Waals surface area contributed by atoms with Crippen molar-refractivity contribution in [3.05, 3.63) is 17.5 Å². The third-order valence-electron chi connectivity index (χ3n) is 1.38. The van der Waals surface area contributed by atoms with Crippen LogP contribution in [-0.4, -0.2) is 11.1 Å². The average Bonchev–Trinajstić information content (AvgIpc) is 2.31. The topological polar surface area (TPSA) is 55.1 Å². The molecule has 0 atom stereocenters. The number of hydrogen-bond donors (Lipinski definition) is 1. The SMILES string of the molecule is CC(=O)NCc1cnoc1C. The lowest BCUT2D eigenvalue weighted by Gasteiger charge is -1.97. The molecule has 0 saturated carbocycles. The van der Waals surface area contributed by atoms with Crippen molar-refractivity contribution in [2.24, 2.45) is 0 Å². The molecule has 0 unspecified atom stereocenters. The maximum Gasteiger partial charge on any atom is 0.217 e. The number of amides is 1. The van der Waals surface area contributed by atoms with Crippen molar-refractivity contribution in [3.8, 4) is 0 Å². The van der Waals surface area contributed by atoms with E-state index < -0.39 is 0 Å². The van der Waals surface area contributed by atoms with Gasteiger partial charge < -0.3 is 9.84 Å². The first-order chi connectivity index (χ1) is 5.20. The highest BCUT2D eigenvalue weighted by Crippen LogP contribution is 2.04. The van der Waals surface area contributed by atoms with E-state index in [0.717, 1.165) is 11.3 Å². The highest BCUT2D eigenvalue weighted by Gasteiger charge is 2.01. The van der Waals surface area contributed by atoms with Gasteiger partial charge in [0.15, 0.2) is 0 Å². The molecule has 1 amide bonds. The molecule has 0 fully saturated rings. The van der Waals surface area contributed by atoms with Crippen molar-refractivity contribution in [3.63, 3.8) is 0 Å². The number of aryl methyl sites for hydroxylation is 1. The van der Waals surface area contributed by atoms with E-state index in [-0.39, 0.29) is 5.91 Å². The molecule has 0 aliphatic carbocycles. The maximum absolute atomic E-state index is 10.5. The molecular weight excluding hydrogens is 144 g/mol. The minimum Gasteiger partial charge on any atom is -0.361 e. The average molecular weight is 154 g/mol. The van der Waals surface area contributed by atoms with Gasteiger partial charge in [-0.1, -0.05) is 5.16 Å². The summed E-state index contributed by atoms with van der Waals surface area (Å²) < 4.78 is 4.80. The third kappa shape index (κ3) is 2.07. The fourth-order valence-corrected chi connectivity index (χ4v) is 0.708. The standard InChI is InChI=1S/C7H10N2O2/c1-5-7(4-9-11-5)3-8-6(2)10/h4H,3H2,1-2H3,(H,8,10). The first-order valence-corrected chi connectivity index (χ1v) is 3.34. The van der Waals surface area contributed by atoms with Crippen LogP contribution in [0.3, 0.4) is 0 Å². The normalized spacial score (nSPS) is 9.64. The molecule has 4 nitrogen and oxygen atoms in total. The molecule has 60 valence electrons. The van der Waals surface area contributed by atoms with Gasteiger partial charge in [0.1, 0.15) is 5.76 Å². The van der Waals surface area contributed by atoms with Crippen LogP contribution in [0.1, 0.15) is 18.2 Å². The predicted octanol–water partition coefficient (Wildman–Crippen LogP) is 0.619. The van der Waals surface area contributed by atoms with Crippen LogP contribution in [0.5, 0.6) is 0 Å². The monoisotopic (exact) mass is 154 g/mol. The summed E-state index contributed by atoms with van der Waals surface area (Å²) in [7, 11) is 0. The molecule has 0 radical (unpaired) electrons. The molecule has 0 aromatic carbocycles. The highest BCUT2D eigenvalue weighted by atomic mass is 16.5. The fourth-order valence-electron chi connectivity index (χ4n) is 0.708. The summed E-state index contributed by atoms with van der Waals surface area (Å²) in [6.45, 7) is 3.78. The molecule has 0 spiro atoms. The zero-order valence-electron chi connectivity index (χ0n) is 6.55. The van der Waals surface area contributed by atoms with Gasteiger partial charge in [0, 0.05) is 19.0 Å². The van der Waals surface area contributed by atoms with Crippen LogP contribution in [0.2, 0.25) is 0 Å². The second-order valence-corrected chi connectivity index (χ2v) is 2.32. The molecule has 1 aromatic heterocycles. The van der Waals surface area contributed by atoms with Crippen molar-refractivity contribution >= 4 is 5.91 Å². The van der Waals surface area contributed by atoms with Crippen molar-refractivity contribution in [1.29, 1.82) is 0 Å². The summed E-state index contributed by atoms with van der Waals surface area (Å²) in [5.74, 6) is 0.698. The van der Waals surface area contributed by atoms with E-state index in [2.05, 4.69) is 10.5 Å². The van der Waals surface area contributed by atoms with Gasteiger partial charge in [-0.05, 0) is 6.92 Å². The Bertz CT molecular complexity index is 255. The van der Waals surface area contributed by atoms with Crippen LogP contribution in [-0.2, 0) is 11.3 Å². The Morgan fingerprint density at radius 3 is 3.00 bits per heavy atom. The zero-order chi connectivity index (χ0) is 8.27. The predicted molar refractivity (Wildman–Crippen MR) is 38.8 cm³/mol. The van der Waals surface area contributed by atoms with Gasteiger partial charge in [-0.15, -0.1) is 0 Å². The minimum atomic E-state index is -0.0504. The van der Waals surface area contributed by atoms with Crippen LogP contribution in [0.25, 0.3) is 0 Å². The van der Waals surface area contributed by atoms with Crippen molar-refractivity contribution < 1.29 is 9.32 Å². The number of aromatic nitrogens is 1. The van der Waals surface area contributed by atoms with E-state index in [0.29, 0.717) is 6.54 Å². The number of hydrogen-bond acceptors (Lipinski definition) is 3. The third-order valence-corrected chi connectivity index (χ3v) is 1.38. The number of carbonyl (C=O) groups excluding carboxylic acids is 1.